The summed E-state index contributed by atoms with van der Waals surface area (Å²) in [6.07, 6.45) is 3.11. The van der Waals surface area contributed by atoms with Crippen LogP contribution in [0.5, 0.6) is 0 Å². The first-order chi connectivity index (χ1) is 8.70. The third-order valence-corrected chi connectivity index (χ3v) is 3.51. The predicted octanol–water partition coefficient (Wildman–Crippen LogP) is 1.37. The van der Waals surface area contributed by atoms with E-state index in [0.29, 0.717) is 0 Å². The van der Waals surface area contributed by atoms with Crippen LogP contribution >= 0.6 is 0 Å². The molecule has 1 aliphatic rings. The fourth-order valence-electron chi connectivity index (χ4n) is 2.39. The van der Waals surface area contributed by atoms with Crippen LogP contribution in [0, 0.1) is 0 Å². The number of ether oxygens (including phenoxy) is 1. The molecule has 0 bridgehead atoms. The highest BCUT2D eigenvalue weighted by Crippen LogP contribution is 2.22. The largest absolute Gasteiger partial charge is 0.381 e. The molecular weight excluding hydrogens is 228 g/mol. The summed E-state index contributed by atoms with van der Waals surface area (Å²) in [5.41, 5.74) is 6.78. The molecule has 1 aliphatic carbocycles. The van der Waals surface area contributed by atoms with Crippen molar-refractivity contribution in [3.8, 4) is 0 Å². The molecule has 4 nitrogen and oxygen atoms in total. The van der Waals surface area contributed by atoms with E-state index in [1.165, 1.54) is 0 Å². The molecular formula is C14H20N2O2. The quantitative estimate of drug-likeness (QED) is 0.846. The van der Waals surface area contributed by atoms with Crippen molar-refractivity contribution in [1.82, 2.24) is 5.32 Å². The van der Waals surface area contributed by atoms with E-state index in [-0.39, 0.29) is 18.1 Å². The van der Waals surface area contributed by atoms with E-state index in [9.17, 15) is 4.79 Å². The van der Waals surface area contributed by atoms with Crippen LogP contribution in [0.3, 0.4) is 0 Å². The maximum Gasteiger partial charge on any atom is 0.241 e. The van der Waals surface area contributed by atoms with Crippen molar-refractivity contribution in [1.29, 1.82) is 0 Å². The van der Waals surface area contributed by atoms with Gasteiger partial charge in [0.1, 0.15) is 6.04 Å². The minimum atomic E-state index is -0.590. The fraction of sp³-hybridized carbons (Fsp3) is 0.500. The van der Waals surface area contributed by atoms with Gasteiger partial charge in [0.15, 0.2) is 0 Å². The molecule has 1 amide bonds. The third kappa shape index (κ3) is 3.09. The van der Waals surface area contributed by atoms with E-state index in [0.717, 1.165) is 24.8 Å². The lowest BCUT2D eigenvalue weighted by Gasteiger charge is -2.17. The first kappa shape index (κ1) is 13.1. The molecule has 1 aromatic rings. The highest BCUT2D eigenvalue weighted by atomic mass is 16.5. The number of amides is 1. The van der Waals surface area contributed by atoms with Crippen LogP contribution in [-0.4, -0.2) is 25.2 Å². The molecule has 3 atom stereocenters. The van der Waals surface area contributed by atoms with Crippen LogP contribution in [0.4, 0.5) is 0 Å². The Morgan fingerprint density at radius 1 is 1.39 bits per heavy atom. The second-order valence-electron chi connectivity index (χ2n) is 4.76. The zero-order valence-electron chi connectivity index (χ0n) is 10.6. The zero-order chi connectivity index (χ0) is 13.0. The van der Waals surface area contributed by atoms with Gasteiger partial charge in [0.2, 0.25) is 5.91 Å². The number of hydrogen-bond acceptors (Lipinski definition) is 3. The summed E-state index contributed by atoms with van der Waals surface area (Å²) in [4.78, 5) is 12.0. The highest BCUT2D eigenvalue weighted by molar-refractivity contribution is 5.83. The molecule has 3 N–H and O–H groups in total. The molecule has 0 aromatic heterocycles. The minimum absolute atomic E-state index is 0.108. The summed E-state index contributed by atoms with van der Waals surface area (Å²) in [7, 11) is 1.71. The van der Waals surface area contributed by atoms with Crippen LogP contribution in [0.15, 0.2) is 30.3 Å². The van der Waals surface area contributed by atoms with Gasteiger partial charge in [-0.15, -0.1) is 0 Å². The zero-order valence-corrected chi connectivity index (χ0v) is 10.6. The first-order valence-corrected chi connectivity index (χ1v) is 6.34. The smallest absolute Gasteiger partial charge is 0.241 e. The van der Waals surface area contributed by atoms with Crippen LogP contribution < -0.4 is 11.1 Å². The van der Waals surface area contributed by atoms with Gasteiger partial charge in [0, 0.05) is 13.2 Å². The number of carbonyl (C=O) groups is 1. The molecule has 1 fully saturated rings. The lowest BCUT2D eigenvalue weighted by Crippen LogP contribution is -2.39. The van der Waals surface area contributed by atoms with Gasteiger partial charge in [-0.1, -0.05) is 30.3 Å². The normalized spacial score (nSPS) is 24.8. The molecule has 2 rings (SSSR count). The molecule has 0 radical (unpaired) electrons. The van der Waals surface area contributed by atoms with Gasteiger partial charge in [0.25, 0.3) is 0 Å². The van der Waals surface area contributed by atoms with Crippen LogP contribution in [0.2, 0.25) is 0 Å². The summed E-state index contributed by atoms with van der Waals surface area (Å²) in [6, 6.07) is 9.03. The number of benzene rings is 1. The number of nitrogens with one attached hydrogen (secondary N) is 1. The fourth-order valence-corrected chi connectivity index (χ4v) is 2.39. The number of nitrogens with two attached hydrogens (primary N) is 1. The monoisotopic (exact) mass is 248 g/mol. The standard InChI is InChI=1S/C14H20N2O2/c1-18-12-8-7-11(9-12)16-14(17)13(15)10-5-3-2-4-6-10/h2-6,11-13H,7-9,15H2,1H3,(H,16,17). The third-order valence-electron chi connectivity index (χ3n) is 3.51. The van der Waals surface area contributed by atoms with E-state index in [1.807, 2.05) is 30.3 Å². The van der Waals surface area contributed by atoms with E-state index in [2.05, 4.69) is 5.32 Å². The Morgan fingerprint density at radius 3 is 2.72 bits per heavy atom. The van der Waals surface area contributed by atoms with E-state index in [1.54, 1.807) is 7.11 Å². The molecule has 1 aromatic carbocycles. The first-order valence-electron chi connectivity index (χ1n) is 6.34. The Balaban J connectivity index is 1.89. The molecule has 0 aliphatic heterocycles. The number of methoxy groups -OCH3 is 1. The van der Waals surface area contributed by atoms with Gasteiger partial charge in [0.05, 0.1) is 6.10 Å². The molecule has 0 heterocycles. The van der Waals surface area contributed by atoms with Gasteiger partial charge >= 0.3 is 0 Å². The Morgan fingerprint density at radius 2 is 2.11 bits per heavy atom. The molecule has 1 saturated carbocycles. The average molecular weight is 248 g/mol. The second-order valence-corrected chi connectivity index (χ2v) is 4.76. The predicted molar refractivity (Wildman–Crippen MR) is 69.9 cm³/mol. The molecule has 0 spiro atoms. The van der Waals surface area contributed by atoms with Crippen molar-refractivity contribution < 1.29 is 9.53 Å². The van der Waals surface area contributed by atoms with E-state index >= 15 is 0 Å². The molecule has 4 heteroatoms. The maximum absolute atomic E-state index is 12.0. The van der Waals surface area contributed by atoms with Crippen LogP contribution in [0.25, 0.3) is 0 Å². The summed E-state index contributed by atoms with van der Waals surface area (Å²) >= 11 is 0. The SMILES string of the molecule is COC1CCC(NC(=O)C(N)c2ccccc2)C1. The van der Waals surface area contributed by atoms with Gasteiger partial charge in [-0.25, -0.2) is 0 Å². The van der Waals surface area contributed by atoms with Crippen molar-refractivity contribution >= 4 is 5.91 Å². The molecule has 0 saturated heterocycles. The van der Waals surface area contributed by atoms with Gasteiger partial charge < -0.3 is 15.8 Å². The summed E-state index contributed by atoms with van der Waals surface area (Å²) in [6.45, 7) is 0. The average Bonchev–Trinajstić information content (AvgIpc) is 2.86. The summed E-state index contributed by atoms with van der Waals surface area (Å²) < 4.78 is 5.29. The van der Waals surface area contributed by atoms with Crippen molar-refractivity contribution in [3.05, 3.63) is 35.9 Å². The lowest BCUT2D eigenvalue weighted by atomic mass is 10.1. The van der Waals surface area contributed by atoms with Crippen molar-refractivity contribution in [3.63, 3.8) is 0 Å². The van der Waals surface area contributed by atoms with Crippen LogP contribution in [0.1, 0.15) is 30.9 Å². The van der Waals surface area contributed by atoms with Crippen molar-refractivity contribution in [2.24, 2.45) is 5.73 Å². The highest BCUT2D eigenvalue weighted by Gasteiger charge is 2.27. The summed E-state index contributed by atoms with van der Waals surface area (Å²) in [5, 5.41) is 3.00. The second kappa shape index (κ2) is 5.98. The minimum Gasteiger partial charge on any atom is -0.381 e. The van der Waals surface area contributed by atoms with E-state index < -0.39 is 6.04 Å². The van der Waals surface area contributed by atoms with Gasteiger partial charge in [-0.3, -0.25) is 4.79 Å². The Bertz CT molecular complexity index is 394. The van der Waals surface area contributed by atoms with Gasteiger partial charge in [-0.05, 0) is 24.8 Å². The lowest BCUT2D eigenvalue weighted by molar-refractivity contribution is -0.123. The Hall–Kier alpha value is -1.39. The topological polar surface area (TPSA) is 64.3 Å². The number of rotatable bonds is 4. The number of hydrogen-bond donors (Lipinski definition) is 2. The summed E-state index contributed by atoms with van der Waals surface area (Å²) in [5.74, 6) is -0.108. The maximum atomic E-state index is 12.0. The molecule has 3 unspecified atom stereocenters. The van der Waals surface area contributed by atoms with E-state index in [4.69, 9.17) is 10.5 Å². The van der Waals surface area contributed by atoms with Crippen LogP contribution in [-0.2, 0) is 9.53 Å². The molecule has 98 valence electrons. The van der Waals surface area contributed by atoms with Gasteiger partial charge in [-0.2, -0.15) is 0 Å². The Kier molecular flexibility index (Phi) is 4.33. The molecule has 18 heavy (non-hydrogen) atoms. The number of carbonyl (C=O) groups excluding carboxylic acids is 1. The Labute approximate surface area is 108 Å². The van der Waals surface area contributed by atoms with Crippen molar-refractivity contribution in [2.45, 2.75) is 37.5 Å². The van der Waals surface area contributed by atoms with Crippen molar-refractivity contribution in [2.75, 3.05) is 7.11 Å².